The van der Waals surface area contributed by atoms with E-state index in [-0.39, 0.29) is 12.1 Å². The quantitative estimate of drug-likeness (QED) is 0.602. The molecule has 0 saturated carbocycles. The molecule has 1 amide bonds. The number of aromatic nitrogens is 3. The van der Waals surface area contributed by atoms with Crippen LogP contribution in [0.4, 0.5) is 4.79 Å². The minimum absolute atomic E-state index is 0.223. The van der Waals surface area contributed by atoms with Gasteiger partial charge in [-0.15, -0.1) is 10.2 Å². The molecule has 0 aliphatic carbocycles. The number of nitrogens with one attached hydrogen (secondary N) is 2. The third kappa shape index (κ3) is 5.33. The third-order valence-electron chi connectivity index (χ3n) is 4.27. The van der Waals surface area contributed by atoms with Gasteiger partial charge < -0.3 is 24.8 Å². The summed E-state index contributed by atoms with van der Waals surface area (Å²) in [5.74, 6) is 2.46. The number of aliphatic imine (C=N–C) groups is 1. The molecule has 0 radical (unpaired) electrons. The minimum atomic E-state index is -0.223. The van der Waals surface area contributed by atoms with Gasteiger partial charge in [0, 0.05) is 32.7 Å². The van der Waals surface area contributed by atoms with E-state index in [1.807, 2.05) is 32.4 Å². The van der Waals surface area contributed by atoms with Crippen LogP contribution in [-0.4, -0.2) is 64.0 Å². The average Bonchev–Trinajstić information content (AvgIpc) is 2.92. The average molecular weight is 351 g/mol. The monoisotopic (exact) mass is 351 g/mol. The molecule has 25 heavy (non-hydrogen) atoms. The number of ether oxygens (including phenoxy) is 1. The number of hydrogen-bond acceptors (Lipinski definition) is 5. The first-order chi connectivity index (χ1) is 12.0. The van der Waals surface area contributed by atoms with Crippen molar-refractivity contribution in [3.8, 4) is 0 Å². The molecule has 1 aliphatic heterocycles. The van der Waals surface area contributed by atoms with E-state index in [2.05, 4.69) is 25.8 Å². The maximum Gasteiger partial charge on any atom is 0.409 e. The van der Waals surface area contributed by atoms with E-state index >= 15 is 0 Å². The number of hydrogen-bond donors (Lipinski definition) is 2. The summed E-state index contributed by atoms with van der Waals surface area (Å²) < 4.78 is 6.99. The van der Waals surface area contributed by atoms with Crippen molar-refractivity contribution < 1.29 is 9.53 Å². The van der Waals surface area contributed by atoms with Crippen LogP contribution in [0.1, 0.15) is 38.3 Å². The highest BCUT2D eigenvalue weighted by atomic mass is 16.6. The summed E-state index contributed by atoms with van der Waals surface area (Å²) >= 11 is 0. The highest BCUT2D eigenvalue weighted by Gasteiger charge is 2.24. The summed E-state index contributed by atoms with van der Waals surface area (Å²) in [7, 11) is 1.94. The fourth-order valence-corrected chi connectivity index (χ4v) is 2.67. The number of likely N-dealkylation sites (tertiary alicyclic amines) is 1. The first kappa shape index (κ1) is 19.0. The lowest BCUT2D eigenvalue weighted by atomic mass is 10.1. The van der Waals surface area contributed by atoms with Gasteiger partial charge in [-0.3, -0.25) is 0 Å². The van der Waals surface area contributed by atoms with Crippen molar-refractivity contribution in [1.82, 2.24) is 30.3 Å². The molecule has 1 aromatic heterocycles. The molecule has 0 unspecified atom stereocenters. The molecule has 2 rings (SSSR count). The second-order valence-corrected chi connectivity index (χ2v) is 6.02. The van der Waals surface area contributed by atoms with E-state index < -0.39 is 0 Å². The Morgan fingerprint density at radius 3 is 2.60 bits per heavy atom. The fraction of sp³-hybridized carbons (Fsp3) is 0.750. The van der Waals surface area contributed by atoms with Crippen molar-refractivity contribution in [2.75, 3.05) is 26.2 Å². The van der Waals surface area contributed by atoms with Gasteiger partial charge in [-0.1, -0.05) is 0 Å². The normalized spacial score (nSPS) is 16.0. The van der Waals surface area contributed by atoms with Crippen LogP contribution >= 0.6 is 0 Å². The zero-order valence-electron chi connectivity index (χ0n) is 15.6. The van der Waals surface area contributed by atoms with Gasteiger partial charge in [0.05, 0.1) is 6.61 Å². The molecule has 0 atom stereocenters. The Hall–Kier alpha value is -2.32. The van der Waals surface area contributed by atoms with E-state index in [1.165, 1.54) is 0 Å². The van der Waals surface area contributed by atoms with Crippen LogP contribution in [0.5, 0.6) is 0 Å². The van der Waals surface area contributed by atoms with Crippen molar-refractivity contribution >= 4 is 12.1 Å². The molecule has 2 N–H and O–H groups in total. The molecular formula is C16H29N7O2. The summed E-state index contributed by atoms with van der Waals surface area (Å²) in [5, 5.41) is 14.9. The number of carbonyl (C=O) groups is 1. The maximum absolute atomic E-state index is 11.8. The van der Waals surface area contributed by atoms with Gasteiger partial charge in [-0.05, 0) is 33.6 Å². The Bertz CT molecular complexity index is 591. The lowest BCUT2D eigenvalue weighted by Gasteiger charge is -2.32. The van der Waals surface area contributed by atoms with Gasteiger partial charge in [0.1, 0.15) is 12.4 Å². The lowest BCUT2D eigenvalue weighted by molar-refractivity contribution is 0.0963. The van der Waals surface area contributed by atoms with Crippen molar-refractivity contribution in [1.29, 1.82) is 0 Å². The van der Waals surface area contributed by atoms with Crippen molar-refractivity contribution in [3.63, 3.8) is 0 Å². The standard InChI is InChI=1S/C16H29N7O2/c1-5-17-15(18-11-14-21-20-12(3)22(14)4)19-13-7-9-23(10-8-13)16(24)25-6-2/h13H,5-11H2,1-4H3,(H2,17,18,19). The van der Waals surface area contributed by atoms with E-state index in [1.54, 1.807) is 4.90 Å². The van der Waals surface area contributed by atoms with Crippen LogP contribution in [0.3, 0.4) is 0 Å². The molecule has 140 valence electrons. The number of piperidine rings is 1. The summed E-state index contributed by atoms with van der Waals surface area (Å²) in [6.45, 7) is 8.82. The van der Waals surface area contributed by atoms with Crippen molar-refractivity contribution in [2.45, 2.75) is 46.2 Å². The number of carbonyl (C=O) groups excluding carboxylic acids is 1. The van der Waals surface area contributed by atoms with Crippen LogP contribution in [0.2, 0.25) is 0 Å². The van der Waals surface area contributed by atoms with Gasteiger partial charge >= 0.3 is 6.09 Å². The summed E-state index contributed by atoms with van der Waals surface area (Å²) in [6, 6.07) is 0.282. The first-order valence-electron chi connectivity index (χ1n) is 8.86. The number of nitrogens with zero attached hydrogens (tertiary/aromatic N) is 5. The van der Waals surface area contributed by atoms with E-state index in [0.29, 0.717) is 26.2 Å². The second-order valence-electron chi connectivity index (χ2n) is 6.02. The van der Waals surface area contributed by atoms with Gasteiger partial charge in [0.25, 0.3) is 0 Å². The summed E-state index contributed by atoms with van der Waals surface area (Å²) in [5.41, 5.74) is 0. The molecule has 1 aliphatic rings. The molecule has 0 bridgehead atoms. The molecule has 9 heteroatoms. The Morgan fingerprint density at radius 1 is 1.32 bits per heavy atom. The Balaban J connectivity index is 1.88. The van der Waals surface area contributed by atoms with Gasteiger partial charge in [-0.25, -0.2) is 9.79 Å². The Labute approximate surface area is 148 Å². The van der Waals surface area contributed by atoms with Gasteiger partial charge in [-0.2, -0.15) is 0 Å². The van der Waals surface area contributed by atoms with Crippen LogP contribution in [0.15, 0.2) is 4.99 Å². The predicted molar refractivity (Wildman–Crippen MR) is 95.3 cm³/mol. The largest absolute Gasteiger partial charge is 0.450 e. The molecule has 0 spiro atoms. The first-order valence-corrected chi connectivity index (χ1v) is 8.86. The Morgan fingerprint density at radius 2 is 2.04 bits per heavy atom. The molecule has 1 aromatic rings. The zero-order chi connectivity index (χ0) is 18.2. The lowest BCUT2D eigenvalue weighted by Crippen LogP contribution is -2.49. The summed E-state index contributed by atoms with van der Waals surface area (Å²) in [6.07, 6.45) is 1.51. The molecule has 2 heterocycles. The molecule has 1 fully saturated rings. The van der Waals surface area contributed by atoms with E-state index in [4.69, 9.17) is 4.74 Å². The SMILES string of the molecule is CCNC(=NCc1nnc(C)n1C)NC1CCN(C(=O)OCC)CC1. The predicted octanol–water partition coefficient (Wildman–Crippen LogP) is 0.800. The van der Waals surface area contributed by atoms with Crippen molar-refractivity contribution in [3.05, 3.63) is 11.6 Å². The van der Waals surface area contributed by atoms with Gasteiger partial charge in [0.15, 0.2) is 11.8 Å². The van der Waals surface area contributed by atoms with Gasteiger partial charge in [0.2, 0.25) is 0 Å². The molecular weight excluding hydrogens is 322 g/mol. The van der Waals surface area contributed by atoms with Crippen LogP contribution < -0.4 is 10.6 Å². The Kier molecular flexibility index (Phi) is 7.03. The number of amides is 1. The van der Waals surface area contributed by atoms with Crippen molar-refractivity contribution in [2.24, 2.45) is 12.0 Å². The minimum Gasteiger partial charge on any atom is -0.450 e. The third-order valence-corrected chi connectivity index (χ3v) is 4.27. The molecule has 9 nitrogen and oxygen atoms in total. The second kappa shape index (κ2) is 9.24. The van der Waals surface area contributed by atoms with E-state index in [9.17, 15) is 4.79 Å². The number of rotatable bonds is 5. The summed E-state index contributed by atoms with van der Waals surface area (Å²) in [4.78, 5) is 18.1. The number of aryl methyl sites for hydroxylation is 1. The highest BCUT2D eigenvalue weighted by Crippen LogP contribution is 2.11. The highest BCUT2D eigenvalue weighted by molar-refractivity contribution is 5.80. The molecule has 0 aromatic carbocycles. The van der Waals surface area contributed by atoms with E-state index in [0.717, 1.165) is 37.0 Å². The zero-order valence-corrected chi connectivity index (χ0v) is 15.6. The smallest absolute Gasteiger partial charge is 0.409 e. The number of guanidine groups is 1. The maximum atomic E-state index is 11.8. The molecule has 1 saturated heterocycles. The van der Waals surface area contributed by atoms with Crippen LogP contribution in [0, 0.1) is 6.92 Å². The van der Waals surface area contributed by atoms with Crippen LogP contribution in [-0.2, 0) is 18.3 Å². The fourth-order valence-electron chi connectivity index (χ4n) is 2.67. The van der Waals surface area contributed by atoms with Crippen LogP contribution in [0.25, 0.3) is 0 Å². The topological polar surface area (TPSA) is 96.7 Å².